The lowest BCUT2D eigenvalue weighted by molar-refractivity contribution is 0.0450. The number of hydrogen-bond acceptors (Lipinski definition) is 8. The van der Waals surface area contributed by atoms with Gasteiger partial charge >= 0.3 is 0 Å². The molecule has 0 aliphatic carbocycles. The first kappa shape index (κ1) is 28.7. The highest BCUT2D eigenvalue weighted by Crippen LogP contribution is 2.35. The molecule has 0 bridgehead atoms. The molecule has 11 heteroatoms. The van der Waals surface area contributed by atoms with Crippen LogP contribution in [0.25, 0.3) is 21.0 Å². The van der Waals surface area contributed by atoms with Crippen LogP contribution < -0.4 is 11.5 Å². The molecule has 3 rings (SSSR count). The molecule has 0 spiro atoms. The minimum atomic E-state index is -0.715. The molecule has 7 N–H and O–H groups in total. The number of aromatic nitrogens is 1. The molecular weight excluding hydrogens is 464 g/mol. The smallest absolute Gasteiger partial charge is 0.249 e. The number of methoxy groups -OCH3 is 1. The first-order valence-electron chi connectivity index (χ1n) is 9.96. The number of rotatable bonds is 8. The van der Waals surface area contributed by atoms with Crippen molar-refractivity contribution in [3.05, 3.63) is 65.9 Å². The molecule has 0 aliphatic rings. The maximum absolute atomic E-state index is 14.1. The molecule has 34 heavy (non-hydrogen) atoms. The number of nitrogens with zero attached hydrogens (tertiary/aromatic N) is 1. The Morgan fingerprint density at radius 2 is 1.85 bits per heavy atom. The van der Waals surface area contributed by atoms with Crippen LogP contribution in [0.15, 0.2) is 48.7 Å². The maximum Gasteiger partial charge on any atom is 0.249 e. The van der Waals surface area contributed by atoms with E-state index in [2.05, 4.69) is 4.98 Å². The predicted molar refractivity (Wildman–Crippen MR) is 131 cm³/mol. The largest absolute Gasteiger partial charge is 0.394 e. The summed E-state index contributed by atoms with van der Waals surface area (Å²) < 4.78 is 31.8. The van der Waals surface area contributed by atoms with Crippen LogP contribution in [0.5, 0.6) is 0 Å². The van der Waals surface area contributed by atoms with Crippen molar-refractivity contribution in [2.24, 2.45) is 11.5 Å². The third-order valence-electron chi connectivity index (χ3n) is 4.24. The molecule has 0 saturated carbocycles. The number of hydrogen-bond donors (Lipinski definition) is 5. The van der Waals surface area contributed by atoms with Gasteiger partial charge in [-0.1, -0.05) is 18.2 Å². The van der Waals surface area contributed by atoms with Crippen LogP contribution in [0.2, 0.25) is 0 Å². The molecule has 2 aromatic carbocycles. The summed E-state index contributed by atoms with van der Waals surface area (Å²) in [5, 5.41) is 21.0. The summed E-state index contributed by atoms with van der Waals surface area (Å²) in [5.41, 5.74) is 11.4. The third-order valence-corrected chi connectivity index (χ3v) is 5.30. The van der Waals surface area contributed by atoms with Crippen LogP contribution >= 0.6 is 11.3 Å². The molecular formula is C23H27F2N5O3S. The number of ether oxygens (including phenoxy) is 1. The van der Waals surface area contributed by atoms with Gasteiger partial charge in [-0.3, -0.25) is 4.79 Å². The Hall–Kier alpha value is -3.38. The van der Waals surface area contributed by atoms with E-state index in [1.165, 1.54) is 41.7 Å². The summed E-state index contributed by atoms with van der Waals surface area (Å²) in [5.74, 6) is -1.61. The average molecular weight is 492 g/mol. The second-order valence-corrected chi connectivity index (χ2v) is 7.54. The van der Waals surface area contributed by atoms with E-state index in [0.717, 1.165) is 29.3 Å². The normalized spacial score (nSPS) is 10.7. The quantitative estimate of drug-likeness (QED) is 0.305. The highest BCUT2D eigenvalue weighted by Gasteiger charge is 2.18. The van der Waals surface area contributed by atoms with Crippen molar-refractivity contribution in [2.45, 2.75) is 12.5 Å². The number of carbonyl (C=O) groups excluding carboxylic acids is 1. The lowest BCUT2D eigenvalue weighted by Gasteiger charge is -2.08. The fourth-order valence-electron chi connectivity index (χ4n) is 2.55. The van der Waals surface area contributed by atoms with Crippen LogP contribution in [0.3, 0.4) is 0 Å². The van der Waals surface area contributed by atoms with E-state index in [4.69, 9.17) is 32.1 Å². The zero-order chi connectivity index (χ0) is 25.5. The average Bonchev–Trinajstić information content (AvgIpc) is 3.33. The van der Waals surface area contributed by atoms with E-state index in [1.807, 2.05) is 0 Å². The van der Waals surface area contributed by atoms with Gasteiger partial charge in [-0.25, -0.2) is 13.8 Å². The molecule has 0 radical (unpaired) electrons. The number of primary amides is 1. The van der Waals surface area contributed by atoms with Gasteiger partial charge in [0.05, 0.1) is 28.7 Å². The number of aliphatic hydroxyl groups excluding tert-OH is 1. The van der Waals surface area contributed by atoms with Crippen molar-refractivity contribution < 1.29 is 23.4 Å². The van der Waals surface area contributed by atoms with Crippen LogP contribution in [-0.2, 0) is 4.74 Å². The Labute approximate surface area is 200 Å². The molecule has 1 atom stereocenters. The van der Waals surface area contributed by atoms with Gasteiger partial charge in [-0.2, -0.15) is 0 Å². The van der Waals surface area contributed by atoms with Crippen molar-refractivity contribution in [3.8, 4) is 21.0 Å². The second kappa shape index (κ2) is 15.5. The second-order valence-electron chi connectivity index (χ2n) is 6.51. The number of carbonyl (C=O) groups is 1. The van der Waals surface area contributed by atoms with E-state index in [0.29, 0.717) is 11.6 Å². The fourth-order valence-corrected chi connectivity index (χ4v) is 3.54. The third kappa shape index (κ3) is 8.87. The number of benzene rings is 2. The van der Waals surface area contributed by atoms with Crippen LogP contribution in [-0.4, -0.2) is 54.8 Å². The number of amides is 1. The highest BCUT2D eigenvalue weighted by molar-refractivity contribution is 7.18. The summed E-state index contributed by atoms with van der Waals surface area (Å²) >= 11 is 1.21. The number of aliphatic hydroxyl groups is 1. The zero-order valence-electron chi connectivity index (χ0n) is 18.5. The topological polar surface area (TPSA) is 159 Å². The van der Waals surface area contributed by atoms with Crippen LogP contribution in [0.4, 0.5) is 8.78 Å². The highest BCUT2D eigenvalue weighted by atomic mass is 32.1. The van der Waals surface area contributed by atoms with Gasteiger partial charge in [0.15, 0.2) is 0 Å². The first-order chi connectivity index (χ1) is 16.3. The lowest BCUT2D eigenvalue weighted by Crippen LogP contribution is -2.19. The summed E-state index contributed by atoms with van der Waals surface area (Å²) in [6, 6.07) is 10.0. The van der Waals surface area contributed by atoms with E-state index >= 15 is 0 Å². The Morgan fingerprint density at radius 1 is 1.21 bits per heavy atom. The fraction of sp³-hybridized carbons (Fsp3) is 0.217. The van der Waals surface area contributed by atoms with Gasteiger partial charge in [0, 0.05) is 25.7 Å². The summed E-state index contributed by atoms with van der Waals surface area (Å²) in [7, 11) is 1.57. The molecule has 0 fully saturated rings. The molecule has 3 aromatic rings. The predicted octanol–water partition coefficient (Wildman–Crippen LogP) is 3.48. The number of halogens is 2. The van der Waals surface area contributed by atoms with E-state index < -0.39 is 11.7 Å². The monoisotopic (exact) mass is 491 g/mol. The van der Waals surface area contributed by atoms with Gasteiger partial charge < -0.3 is 32.1 Å². The van der Waals surface area contributed by atoms with Crippen LogP contribution in [0, 0.1) is 22.5 Å². The van der Waals surface area contributed by atoms with E-state index in [-0.39, 0.29) is 29.7 Å². The molecule has 0 aliphatic heterocycles. The van der Waals surface area contributed by atoms with Crippen molar-refractivity contribution in [1.29, 1.82) is 10.8 Å². The standard InChI is InChI=1S/C16H10F2N2OS.C5H13NO2.C2H4N2/c17-10-6-4-9(5-7-10)13-8-20-16(22-13)14-11(15(19)21)2-1-3-12(14)18;1-8-5(4-7)2-3-6;3-1-2-4/h1-8H,(H2,19,21);5,7H,2-4,6H2,1H3;1-4H. The van der Waals surface area contributed by atoms with Gasteiger partial charge in [0.25, 0.3) is 0 Å². The minimum Gasteiger partial charge on any atom is -0.394 e. The Balaban J connectivity index is 0.000000403. The van der Waals surface area contributed by atoms with Crippen molar-refractivity contribution in [3.63, 3.8) is 0 Å². The van der Waals surface area contributed by atoms with Crippen molar-refractivity contribution in [2.75, 3.05) is 20.3 Å². The lowest BCUT2D eigenvalue weighted by atomic mass is 10.1. The Bertz CT molecular complexity index is 1050. The Kier molecular flexibility index (Phi) is 13.0. The summed E-state index contributed by atoms with van der Waals surface area (Å²) in [6.45, 7) is 0.632. The van der Waals surface area contributed by atoms with Gasteiger partial charge in [-0.05, 0) is 42.8 Å². The summed E-state index contributed by atoms with van der Waals surface area (Å²) in [4.78, 5) is 16.4. The molecule has 182 valence electrons. The van der Waals surface area contributed by atoms with E-state index in [1.54, 1.807) is 25.4 Å². The van der Waals surface area contributed by atoms with Gasteiger partial charge in [0.2, 0.25) is 5.91 Å². The molecule has 1 amide bonds. The minimum absolute atomic E-state index is 0.0632. The van der Waals surface area contributed by atoms with Crippen molar-refractivity contribution >= 4 is 29.7 Å². The van der Waals surface area contributed by atoms with E-state index in [9.17, 15) is 13.6 Å². The molecule has 1 aromatic heterocycles. The number of nitrogens with two attached hydrogens (primary N) is 2. The molecule has 1 unspecified atom stereocenters. The van der Waals surface area contributed by atoms with Crippen molar-refractivity contribution in [1.82, 2.24) is 4.98 Å². The SMILES string of the molecule is COC(CO)CCN.N=CC=N.NC(=O)c1cccc(F)c1-c1ncc(-c2ccc(F)cc2)s1. The number of thiazole rings is 1. The zero-order valence-corrected chi connectivity index (χ0v) is 19.3. The maximum atomic E-state index is 14.1. The van der Waals surface area contributed by atoms with Gasteiger partial charge in [-0.15, -0.1) is 11.3 Å². The Morgan fingerprint density at radius 3 is 2.32 bits per heavy atom. The molecule has 8 nitrogen and oxygen atoms in total. The van der Waals surface area contributed by atoms with Crippen LogP contribution in [0.1, 0.15) is 16.8 Å². The molecule has 1 heterocycles. The number of nitrogens with one attached hydrogen (secondary N) is 2. The molecule has 0 saturated heterocycles. The van der Waals surface area contributed by atoms with Gasteiger partial charge in [0.1, 0.15) is 16.6 Å². The summed E-state index contributed by atoms with van der Waals surface area (Å²) in [6.07, 6.45) is 4.05. The first-order valence-corrected chi connectivity index (χ1v) is 10.8.